The van der Waals surface area contributed by atoms with Gasteiger partial charge in [0.2, 0.25) is 5.91 Å². The molecule has 1 fully saturated rings. The fourth-order valence-electron chi connectivity index (χ4n) is 4.66. The molecule has 13 nitrogen and oxygen atoms in total. The number of amides is 5. The van der Waals surface area contributed by atoms with E-state index in [9.17, 15) is 24.0 Å². The van der Waals surface area contributed by atoms with Crippen LogP contribution in [0.15, 0.2) is 34.9 Å². The number of methoxy groups -OCH3 is 1. The summed E-state index contributed by atoms with van der Waals surface area (Å²) in [7, 11) is 1.27. The monoisotopic (exact) mass is 567 g/mol. The zero-order chi connectivity index (χ0) is 29.9. The molecule has 0 aliphatic carbocycles. The predicted molar refractivity (Wildman–Crippen MR) is 138 cm³/mol. The summed E-state index contributed by atoms with van der Waals surface area (Å²) < 4.78 is 31.1. The number of aromatic nitrogens is 1. The average Bonchev–Trinajstić information content (AvgIpc) is 3.55. The lowest BCUT2D eigenvalue weighted by molar-refractivity contribution is -0.158. The standard InChI is InChI=1S/C27H26FN5O8/c1-26(2,3)24(37)40-12-33-23(36)27(31-25(33)38,18-8-15-17(41-18)7-14(9-30-15)21(29)34)11-32-10-13-5-6-16(39-4)20(28)19(13)22(32)35/h5-9H,10-12H2,1-4H3,(H2,29,34)(H,31,38)/t27-/m0/s1. The number of hydrogen-bond acceptors (Lipinski definition) is 9. The summed E-state index contributed by atoms with van der Waals surface area (Å²) >= 11 is 0. The Hall–Kier alpha value is -5.01. The van der Waals surface area contributed by atoms with Crippen LogP contribution in [0.5, 0.6) is 5.75 Å². The highest BCUT2D eigenvalue weighted by molar-refractivity contribution is 6.08. The van der Waals surface area contributed by atoms with Crippen molar-refractivity contribution in [2.45, 2.75) is 32.9 Å². The lowest BCUT2D eigenvalue weighted by Gasteiger charge is -2.29. The molecule has 0 spiro atoms. The summed E-state index contributed by atoms with van der Waals surface area (Å²) in [5.74, 6) is -4.14. The number of nitrogens with one attached hydrogen (secondary N) is 1. The van der Waals surface area contributed by atoms with E-state index < -0.39 is 59.8 Å². The molecule has 214 valence electrons. The summed E-state index contributed by atoms with van der Waals surface area (Å²) in [6.07, 6.45) is 1.22. The number of esters is 1. The molecule has 1 aromatic carbocycles. The van der Waals surface area contributed by atoms with E-state index in [2.05, 4.69) is 10.3 Å². The average molecular weight is 568 g/mol. The molecule has 4 heterocycles. The number of primary amides is 1. The second-order valence-corrected chi connectivity index (χ2v) is 10.7. The van der Waals surface area contributed by atoms with E-state index in [1.54, 1.807) is 20.8 Å². The van der Waals surface area contributed by atoms with Gasteiger partial charge in [0, 0.05) is 18.8 Å². The molecule has 0 unspecified atom stereocenters. The van der Waals surface area contributed by atoms with E-state index in [0.717, 1.165) is 0 Å². The first-order chi connectivity index (χ1) is 19.3. The Kier molecular flexibility index (Phi) is 6.43. The van der Waals surface area contributed by atoms with E-state index in [4.69, 9.17) is 19.6 Å². The Bertz CT molecular complexity index is 1640. The van der Waals surface area contributed by atoms with Gasteiger partial charge in [0.25, 0.3) is 11.8 Å². The van der Waals surface area contributed by atoms with Gasteiger partial charge in [-0.05, 0) is 38.5 Å². The fraction of sp³-hybridized carbons (Fsp3) is 0.333. The number of furan rings is 1. The van der Waals surface area contributed by atoms with Crippen LogP contribution in [0.2, 0.25) is 0 Å². The number of fused-ring (bicyclic) bond motifs is 2. The van der Waals surface area contributed by atoms with Gasteiger partial charge in [-0.2, -0.15) is 0 Å². The topological polar surface area (TPSA) is 174 Å². The summed E-state index contributed by atoms with van der Waals surface area (Å²) in [5, 5.41) is 2.58. The molecule has 1 saturated heterocycles. The maximum atomic E-state index is 15.0. The normalized spacial score (nSPS) is 18.6. The zero-order valence-corrected chi connectivity index (χ0v) is 22.6. The minimum absolute atomic E-state index is 0.0412. The van der Waals surface area contributed by atoms with Gasteiger partial charge in [-0.3, -0.25) is 24.2 Å². The Labute approximate surface area is 232 Å². The highest BCUT2D eigenvalue weighted by Gasteiger charge is 2.57. The highest BCUT2D eigenvalue weighted by atomic mass is 19.1. The van der Waals surface area contributed by atoms with Crippen molar-refractivity contribution in [3.8, 4) is 5.75 Å². The molecule has 0 saturated carbocycles. The molecule has 2 aliphatic heterocycles. The highest BCUT2D eigenvalue weighted by Crippen LogP contribution is 2.38. The minimum atomic E-state index is -2.02. The summed E-state index contributed by atoms with van der Waals surface area (Å²) in [6.45, 7) is 3.57. The van der Waals surface area contributed by atoms with Crippen molar-refractivity contribution >= 4 is 40.8 Å². The van der Waals surface area contributed by atoms with Crippen LogP contribution in [0.3, 0.4) is 0 Å². The lowest BCUT2D eigenvalue weighted by Crippen LogP contribution is -2.52. The van der Waals surface area contributed by atoms with Gasteiger partial charge in [0.05, 0.1) is 30.2 Å². The van der Waals surface area contributed by atoms with Crippen molar-refractivity contribution in [3.05, 3.63) is 58.7 Å². The van der Waals surface area contributed by atoms with E-state index in [0.29, 0.717) is 10.5 Å². The number of rotatable bonds is 7. The molecule has 14 heteroatoms. The molecule has 3 N–H and O–H groups in total. The summed E-state index contributed by atoms with van der Waals surface area (Å²) in [6, 6.07) is 4.70. The van der Waals surface area contributed by atoms with Gasteiger partial charge < -0.3 is 29.8 Å². The van der Waals surface area contributed by atoms with Crippen molar-refractivity contribution in [2.75, 3.05) is 20.4 Å². The number of nitrogens with two attached hydrogens (primary N) is 1. The van der Waals surface area contributed by atoms with Crippen molar-refractivity contribution < 1.29 is 42.3 Å². The van der Waals surface area contributed by atoms with Gasteiger partial charge >= 0.3 is 12.0 Å². The van der Waals surface area contributed by atoms with Gasteiger partial charge in [0.15, 0.2) is 29.4 Å². The first kappa shape index (κ1) is 27.6. The maximum Gasteiger partial charge on any atom is 0.328 e. The number of hydrogen-bond donors (Lipinski definition) is 2. The van der Waals surface area contributed by atoms with Gasteiger partial charge in [-0.15, -0.1) is 0 Å². The molecular weight excluding hydrogens is 541 g/mol. The number of benzene rings is 1. The van der Waals surface area contributed by atoms with Crippen LogP contribution in [0.1, 0.15) is 52.8 Å². The van der Waals surface area contributed by atoms with E-state index in [1.807, 2.05) is 0 Å². The first-order valence-electron chi connectivity index (χ1n) is 12.4. The summed E-state index contributed by atoms with van der Waals surface area (Å²) in [5.41, 5.74) is 2.92. The zero-order valence-electron chi connectivity index (χ0n) is 22.6. The fourth-order valence-corrected chi connectivity index (χ4v) is 4.66. The number of imide groups is 1. The SMILES string of the molecule is COc1ccc2c(c1F)C(=O)N(C[C@@]1(c3cc4ncc(C(N)=O)cc4o3)NC(=O)N(COC(=O)C(C)(C)C)C1=O)C2. The van der Waals surface area contributed by atoms with Crippen molar-refractivity contribution in [1.82, 2.24) is 20.1 Å². The van der Waals surface area contributed by atoms with Crippen LogP contribution < -0.4 is 15.8 Å². The molecule has 3 aromatic rings. The molecule has 2 aliphatic rings. The van der Waals surface area contributed by atoms with E-state index in [-0.39, 0.29) is 40.3 Å². The van der Waals surface area contributed by atoms with E-state index >= 15 is 4.39 Å². The smallest absolute Gasteiger partial charge is 0.328 e. The molecule has 41 heavy (non-hydrogen) atoms. The Morgan fingerprint density at radius 3 is 2.61 bits per heavy atom. The van der Waals surface area contributed by atoms with Crippen LogP contribution in [0.25, 0.3) is 11.1 Å². The van der Waals surface area contributed by atoms with Crippen LogP contribution in [-0.4, -0.2) is 64.9 Å². The molecule has 2 aromatic heterocycles. The second kappa shape index (κ2) is 9.57. The third-order valence-corrected chi connectivity index (χ3v) is 6.89. The van der Waals surface area contributed by atoms with E-state index in [1.165, 1.54) is 42.5 Å². The predicted octanol–water partition coefficient (Wildman–Crippen LogP) is 2.02. The molecular formula is C27H26FN5O8. The molecule has 5 rings (SSSR count). The Morgan fingerprint density at radius 2 is 1.95 bits per heavy atom. The van der Waals surface area contributed by atoms with Gasteiger partial charge in [-0.25, -0.2) is 14.1 Å². The second-order valence-electron chi connectivity index (χ2n) is 10.7. The van der Waals surface area contributed by atoms with Crippen LogP contribution in [0, 0.1) is 11.2 Å². The van der Waals surface area contributed by atoms with Crippen LogP contribution >= 0.6 is 0 Å². The first-order valence-corrected chi connectivity index (χ1v) is 12.4. The minimum Gasteiger partial charge on any atom is -0.494 e. The van der Waals surface area contributed by atoms with Crippen molar-refractivity contribution in [3.63, 3.8) is 0 Å². The Balaban J connectivity index is 1.55. The quantitative estimate of drug-likeness (QED) is 0.320. The van der Waals surface area contributed by atoms with Gasteiger partial charge in [-0.1, -0.05) is 6.07 Å². The third-order valence-electron chi connectivity index (χ3n) is 6.89. The molecule has 1 atom stereocenters. The molecule has 0 bridgehead atoms. The number of pyridine rings is 1. The number of nitrogens with zero attached hydrogens (tertiary/aromatic N) is 3. The summed E-state index contributed by atoms with van der Waals surface area (Å²) in [4.78, 5) is 70.4. The number of ether oxygens (including phenoxy) is 2. The third kappa shape index (κ3) is 4.50. The van der Waals surface area contributed by atoms with Crippen LogP contribution in [-0.2, 0) is 26.4 Å². The maximum absolute atomic E-state index is 15.0. The number of urea groups is 1. The van der Waals surface area contributed by atoms with Crippen molar-refractivity contribution in [2.24, 2.45) is 11.1 Å². The number of carbonyl (C=O) groups is 5. The molecule has 5 amide bonds. The number of carbonyl (C=O) groups excluding carboxylic acids is 5. The van der Waals surface area contributed by atoms with Crippen molar-refractivity contribution in [1.29, 1.82) is 0 Å². The van der Waals surface area contributed by atoms with Gasteiger partial charge in [0.1, 0.15) is 11.3 Å². The molecule has 0 radical (unpaired) electrons. The Morgan fingerprint density at radius 1 is 1.22 bits per heavy atom. The largest absolute Gasteiger partial charge is 0.494 e. The van der Waals surface area contributed by atoms with Crippen LogP contribution in [0.4, 0.5) is 9.18 Å². The lowest BCUT2D eigenvalue weighted by atomic mass is 9.95. The number of halogens is 1.